The van der Waals surface area contributed by atoms with Gasteiger partial charge in [0.15, 0.2) is 0 Å². The zero-order valence-corrected chi connectivity index (χ0v) is 13.6. The number of carboxylic acid groups (broad SMARTS) is 1. The van der Waals surface area contributed by atoms with Gasteiger partial charge in [0.1, 0.15) is 4.90 Å². The molecule has 0 bridgehead atoms. The van der Waals surface area contributed by atoms with Gasteiger partial charge in [-0.3, -0.25) is 0 Å². The first kappa shape index (κ1) is 16.5. The minimum absolute atomic E-state index is 0.0121. The number of carboxylic acids is 1. The first-order chi connectivity index (χ1) is 9.76. The van der Waals surface area contributed by atoms with Gasteiger partial charge in [-0.15, -0.1) is 0 Å². The molecule has 1 aliphatic rings. The fraction of sp³-hybridized carbons (Fsp3) is 0.462. The highest BCUT2D eigenvalue weighted by Gasteiger charge is 2.40. The highest BCUT2D eigenvalue weighted by atomic mass is 35.5. The van der Waals surface area contributed by atoms with Crippen molar-refractivity contribution in [3.8, 4) is 0 Å². The van der Waals surface area contributed by atoms with E-state index in [0.29, 0.717) is 5.92 Å². The van der Waals surface area contributed by atoms with E-state index in [9.17, 15) is 13.2 Å². The molecule has 1 aliphatic carbocycles. The van der Waals surface area contributed by atoms with E-state index < -0.39 is 16.0 Å². The lowest BCUT2D eigenvalue weighted by atomic mass is 10.2. The molecule has 1 aromatic rings. The van der Waals surface area contributed by atoms with E-state index in [0.717, 1.165) is 31.4 Å². The van der Waals surface area contributed by atoms with E-state index in [1.165, 1.54) is 0 Å². The van der Waals surface area contributed by atoms with E-state index in [2.05, 4.69) is 4.72 Å². The first-order valence-electron chi connectivity index (χ1n) is 6.51. The monoisotopic (exact) mass is 351 g/mol. The number of nitrogens with one attached hydrogen (secondary N) is 1. The predicted octanol–water partition coefficient (Wildman–Crippen LogP) is 3.16. The summed E-state index contributed by atoms with van der Waals surface area (Å²) in [6.45, 7) is 2.04. The second-order valence-corrected chi connectivity index (χ2v) is 7.58. The first-order valence-corrected chi connectivity index (χ1v) is 8.74. The highest BCUT2D eigenvalue weighted by molar-refractivity contribution is 7.89. The van der Waals surface area contributed by atoms with Crippen molar-refractivity contribution in [3.05, 3.63) is 27.7 Å². The molecule has 116 valence electrons. The summed E-state index contributed by atoms with van der Waals surface area (Å²) in [7, 11) is -3.89. The Labute approximate surface area is 133 Å². The number of hydrogen-bond donors (Lipinski definition) is 2. The molecule has 0 aliphatic heterocycles. The normalized spacial score (nSPS) is 21.3. The fourth-order valence-electron chi connectivity index (χ4n) is 2.26. The summed E-state index contributed by atoms with van der Waals surface area (Å²) >= 11 is 11.7. The van der Waals surface area contributed by atoms with Gasteiger partial charge in [-0.2, -0.15) is 0 Å². The van der Waals surface area contributed by atoms with Crippen LogP contribution >= 0.6 is 23.2 Å². The molecule has 0 heterocycles. The number of halogens is 2. The molecule has 0 radical (unpaired) electrons. The number of hydrogen-bond acceptors (Lipinski definition) is 3. The molecule has 1 aromatic carbocycles. The largest absolute Gasteiger partial charge is 0.478 e. The number of rotatable bonds is 6. The molecule has 1 saturated carbocycles. The molecular weight excluding hydrogens is 337 g/mol. The van der Waals surface area contributed by atoms with Crippen LogP contribution < -0.4 is 4.72 Å². The standard InChI is InChI=1S/C13H15Cl2NO4S/c1-2-3-7-4-10(7)16-21(19,20)11-6-8(14)5-9(12(11)15)13(17)18/h5-7,10,16H,2-4H2,1H3,(H,17,18). The molecule has 0 amide bonds. The van der Waals surface area contributed by atoms with Crippen molar-refractivity contribution in [2.75, 3.05) is 0 Å². The molecule has 2 N–H and O–H groups in total. The van der Waals surface area contributed by atoms with Gasteiger partial charge in [0, 0.05) is 11.1 Å². The van der Waals surface area contributed by atoms with Gasteiger partial charge in [0.25, 0.3) is 0 Å². The molecule has 0 saturated heterocycles. The third-order valence-electron chi connectivity index (χ3n) is 3.41. The summed E-state index contributed by atoms with van der Waals surface area (Å²) < 4.78 is 27.2. The number of benzene rings is 1. The number of aromatic carboxylic acids is 1. The predicted molar refractivity (Wildman–Crippen MR) is 80.5 cm³/mol. The maximum Gasteiger partial charge on any atom is 0.337 e. The second kappa shape index (κ2) is 6.12. The Morgan fingerprint density at radius 2 is 2.10 bits per heavy atom. The second-order valence-electron chi connectivity index (χ2n) is 5.08. The molecule has 2 unspecified atom stereocenters. The van der Waals surface area contributed by atoms with Crippen molar-refractivity contribution in [1.82, 2.24) is 4.72 Å². The van der Waals surface area contributed by atoms with Gasteiger partial charge in [0.05, 0.1) is 10.6 Å². The summed E-state index contributed by atoms with van der Waals surface area (Å²) in [5.74, 6) is -0.990. The van der Waals surface area contributed by atoms with Gasteiger partial charge in [-0.05, 0) is 30.9 Å². The minimum atomic E-state index is -3.89. The maximum atomic E-state index is 12.3. The van der Waals surface area contributed by atoms with E-state index >= 15 is 0 Å². The van der Waals surface area contributed by atoms with Crippen molar-refractivity contribution in [2.45, 2.75) is 37.1 Å². The number of sulfonamides is 1. The lowest BCUT2D eigenvalue weighted by molar-refractivity contribution is 0.0697. The van der Waals surface area contributed by atoms with E-state index in [-0.39, 0.29) is 26.5 Å². The molecule has 0 spiro atoms. The van der Waals surface area contributed by atoms with Crippen LogP contribution in [-0.2, 0) is 10.0 Å². The van der Waals surface area contributed by atoms with Crippen LogP contribution in [0.5, 0.6) is 0 Å². The average molecular weight is 352 g/mol. The zero-order chi connectivity index (χ0) is 15.8. The topological polar surface area (TPSA) is 83.5 Å². The third-order valence-corrected chi connectivity index (χ3v) is 5.66. The van der Waals surface area contributed by atoms with Crippen LogP contribution in [0, 0.1) is 5.92 Å². The zero-order valence-electron chi connectivity index (χ0n) is 11.3. The molecule has 5 nitrogen and oxygen atoms in total. The van der Waals surface area contributed by atoms with Crippen molar-refractivity contribution in [2.24, 2.45) is 5.92 Å². The number of carbonyl (C=O) groups is 1. The third kappa shape index (κ3) is 3.69. The van der Waals surface area contributed by atoms with Crippen molar-refractivity contribution in [3.63, 3.8) is 0 Å². The summed E-state index contributed by atoms with van der Waals surface area (Å²) in [6.07, 6.45) is 2.73. The van der Waals surface area contributed by atoms with Gasteiger partial charge >= 0.3 is 5.97 Å². The van der Waals surface area contributed by atoms with Crippen LogP contribution in [0.15, 0.2) is 17.0 Å². The quantitative estimate of drug-likeness (QED) is 0.824. The van der Waals surface area contributed by atoms with E-state index in [1.54, 1.807) is 0 Å². The average Bonchev–Trinajstić information content (AvgIpc) is 3.08. The van der Waals surface area contributed by atoms with E-state index in [1.807, 2.05) is 6.92 Å². The van der Waals surface area contributed by atoms with Crippen LogP contribution in [0.1, 0.15) is 36.5 Å². The molecule has 2 atom stereocenters. The maximum absolute atomic E-state index is 12.3. The minimum Gasteiger partial charge on any atom is -0.478 e. The smallest absolute Gasteiger partial charge is 0.337 e. The Bertz CT molecular complexity index is 675. The summed E-state index contributed by atoms with van der Waals surface area (Å²) in [5.41, 5.74) is -0.328. The lowest BCUT2D eigenvalue weighted by Gasteiger charge is -2.10. The Balaban J connectivity index is 2.30. The van der Waals surface area contributed by atoms with Crippen LogP contribution in [0.2, 0.25) is 10.0 Å². The highest BCUT2D eigenvalue weighted by Crippen LogP contribution is 2.37. The molecule has 8 heteroatoms. The Kier molecular flexibility index (Phi) is 4.82. The summed E-state index contributed by atoms with van der Waals surface area (Å²) in [5, 5.41) is 8.71. The van der Waals surface area contributed by atoms with Crippen LogP contribution in [0.4, 0.5) is 0 Å². The summed E-state index contributed by atoms with van der Waals surface area (Å²) in [6, 6.07) is 2.18. The van der Waals surface area contributed by atoms with Crippen molar-refractivity contribution in [1.29, 1.82) is 0 Å². The Morgan fingerprint density at radius 3 is 2.67 bits per heavy atom. The van der Waals surface area contributed by atoms with Gasteiger partial charge in [0.2, 0.25) is 10.0 Å². The van der Waals surface area contributed by atoms with Gasteiger partial charge in [-0.1, -0.05) is 36.5 Å². The molecular formula is C13H15Cl2NO4S. The van der Waals surface area contributed by atoms with Crippen LogP contribution in [0.3, 0.4) is 0 Å². The lowest BCUT2D eigenvalue weighted by Crippen LogP contribution is -2.27. The molecule has 2 rings (SSSR count). The fourth-order valence-corrected chi connectivity index (χ4v) is 4.48. The molecule has 0 aromatic heterocycles. The Hall–Kier alpha value is -0.820. The van der Waals surface area contributed by atoms with Crippen LogP contribution in [0.25, 0.3) is 0 Å². The van der Waals surface area contributed by atoms with Gasteiger partial charge in [-0.25, -0.2) is 17.9 Å². The van der Waals surface area contributed by atoms with E-state index in [4.69, 9.17) is 28.3 Å². The summed E-state index contributed by atoms with van der Waals surface area (Å²) in [4.78, 5) is 10.8. The molecule has 21 heavy (non-hydrogen) atoms. The SMILES string of the molecule is CCCC1CC1NS(=O)(=O)c1cc(Cl)cc(C(=O)O)c1Cl. The Morgan fingerprint density at radius 1 is 1.43 bits per heavy atom. The van der Waals surface area contributed by atoms with Crippen molar-refractivity contribution < 1.29 is 18.3 Å². The molecule has 1 fully saturated rings. The van der Waals surface area contributed by atoms with Crippen LogP contribution in [-0.4, -0.2) is 25.5 Å². The van der Waals surface area contributed by atoms with Crippen molar-refractivity contribution >= 4 is 39.2 Å². The van der Waals surface area contributed by atoms with Gasteiger partial charge < -0.3 is 5.11 Å².